The first-order chi connectivity index (χ1) is 4.79. The average Bonchev–Trinajstić information content (AvgIpc) is 2.39. The molecule has 2 fully saturated rings. The van der Waals surface area contributed by atoms with Crippen molar-refractivity contribution in [1.29, 1.82) is 0 Å². The first kappa shape index (κ1) is 5.85. The summed E-state index contributed by atoms with van der Waals surface area (Å²) in [6.45, 7) is 0.786. The van der Waals surface area contributed by atoms with Crippen LogP contribution in [0.25, 0.3) is 0 Å². The summed E-state index contributed by atoms with van der Waals surface area (Å²) in [5, 5.41) is 5.24. The van der Waals surface area contributed by atoms with Crippen molar-refractivity contribution in [2.75, 3.05) is 6.54 Å². The van der Waals surface area contributed by atoms with Crippen LogP contribution in [0.4, 0.5) is 0 Å². The van der Waals surface area contributed by atoms with E-state index in [1.54, 1.807) is 0 Å². The third-order valence-corrected chi connectivity index (χ3v) is 2.09. The molecule has 2 heterocycles. The van der Waals surface area contributed by atoms with Crippen molar-refractivity contribution >= 4 is 11.8 Å². The summed E-state index contributed by atoms with van der Waals surface area (Å²) < 4.78 is 0. The number of fused-ring (bicyclic) bond motifs is 1. The van der Waals surface area contributed by atoms with E-state index in [9.17, 15) is 9.59 Å². The van der Waals surface area contributed by atoms with Crippen molar-refractivity contribution in [1.82, 2.24) is 10.6 Å². The lowest BCUT2D eigenvalue weighted by molar-refractivity contribution is -0.126. The van der Waals surface area contributed by atoms with Crippen molar-refractivity contribution in [2.24, 2.45) is 5.92 Å². The van der Waals surface area contributed by atoms with Crippen LogP contribution < -0.4 is 10.6 Å². The molecule has 2 atom stereocenters. The minimum Gasteiger partial charge on any atom is -0.305 e. The minimum absolute atomic E-state index is 0.0903. The third kappa shape index (κ3) is 0.593. The lowest BCUT2D eigenvalue weighted by Gasteiger charge is -1.99. The average molecular weight is 140 g/mol. The van der Waals surface area contributed by atoms with Crippen LogP contribution in [-0.2, 0) is 9.59 Å². The van der Waals surface area contributed by atoms with Gasteiger partial charge in [-0.15, -0.1) is 0 Å². The summed E-state index contributed by atoms with van der Waals surface area (Å²) in [5.41, 5.74) is 0. The van der Waals surface area contributed by atoms with E-state index >= 15 is 0 Å². The molecule has 2 saturated heterocycles. The Morgan fingerprint density at radius 2 is 2.10 bits per heavy atom. The second kappa shape index (κ2) is 1.79. The Hall–Kier alpha value is -0.900. The lowest BCUT2D eigenvalue weighted by Crippen LogP contribution is -2.34. The molecule has 4 heteroatoms. The van der Waals surface area contributed by atoms with Crippen LogP contribution in [0, 0.1) is 5.92 Å². The molecule has 0 aromatic rings. The molecule has 0 aromatic heterocycles. The maximum atomic E-state index is 10.9. The molecular weight excluding hydrogens is 132 g/mol. The summed E-state index contributed by atoms with van der Waals surface area (Å²) >= 11 is 0. The van der Waals surface area contributed by atoms with E-state index in [1.807, 2.05) is 0 Å². The molecule has 10 heavy (non-hydrogen) atoms. The normalized spacial score (nSPS) is 38.0. The van der Waals surface area contributed by atoms with Crippen molar-refractivity contribution in [3.8, 4) is 0 Å². The second-order valence-electron chi connectivity index (χ2n) is 2.68. The maximum Gasteiger partial charge on any atom is 0.244 e. The van der Waals surface area contributed by atoms with Crippen molar-refractivity contribution in [3.63, 3.8) is 0 Å². The van der Waals surface area contributed by atoms with E-state index < -0.39 is 0 Å². The fourth-order valence-electron chi connectivity index (χ4n) is 1.55. The molecule has 0 saturated carbocycles. The molecule has 0 bridgehead atoms. The van der Waals surface area contributed by atoms with Crippen LogP contribution in [0.1, 0.15) is 6.42 Å². The Balaban J connectivity index is 2.27. The van der Waals surface area contributed by atoms with Gasteiger partial charge in [-0.3, -0.25) is 14.9 Å². The largest absolute Gasteiger partial charge is 0.305 e. The Bertz CT molecular complexity index is 182. The molecule has 0 aliphatic carbocycles. The second-order valence-corrected chi connectivity index (χ2v) is 2.68. The van der Waals surface area contributed by atoms with Gasteiger partial charge in [0.1, 0.15) is 0 Å². The van der Waals surface area contributed by atoms with E-state index in [2.05, 4.69) is 10.6 Å². The smallest absolute Gasteiger partial charge is 0.244 e. The van der Waals surface area contributed by atoms with Gasteiger partial charge in [-0.1, -0.05) is 0 Å². The van der Waals surface area contributed by atoms with Crippen LogP contribution in [0.15, 0.2) is 0 Å². The Morgan fingerprint density at radius 3 is 2.80 bits per heavy atom. The number of carbonyl (C=O) groups is 2. The van der Waals surface area contributed by atoms with Gasteiger partial charge in [0.2, 0.25) is 11.8 Å². The van der Waals surface area contributed by atoms with E-state index in [0.29, 0.717) is 0 Å². The SMILES string of the molecule is O=C1NC(=O)C2NCCC12. The molecule has 2 aliphatic rings. The standard InChI is InChI=1S/C6H8N2O2/c9-5-3-1-2-7-4(3)6(10)8-5/h3-4,7H,1-2H2,(H,8,9,10). The molecular formula is C6H8N2O2. The highest BCUT2D eigenvalue weighted by atomic mass is 16.2. The molecule has 2 rings (SSSR count). The highest BCUT2D eigenvalue weighted by molar-refractivity contribution is 6.07. The Kier molecular flexibility index (Phi) is 1.05. The molecule has 2 unspecified atom stereocenters. The number of hydrogen-bond donors (Lipinski definition) is 2. The number of hydrogen-bond acceptors (Lipinski definition) is 3. The van der Waals surface area contributed by atoms with E-state index in [-0.39, 0.29) is 23.8 Å². The van der Waals surface area contributed by atoms with Crippen LogP contribution in [-0.4, -0.2) is 24.4 Å². The van der Waals surface area contributed by atoms with Crippen LogP contribution >= 0.6 is 0 Å². The summed E-state index contributed by atoms with van der Waals surface area (Å²) in [7, 11) is 0. The van der Waals surface area contributed by atoms with Gasteiger partial charge in [-0.2, -0.15) is 0 Å². The summed E-state index contributed by atoms with van der Waals surface area (Å²) in [6, 6.07) is -0.229. The topological polar surface area (TPSA) is 58.2 Å². The number of nitrogens with one attached hydrogen (secondary N) is 2. The first-order valence-electron chi connectivity index (χ1n) is 3.37. The predicted octanol–water partition coefficient (Wildman–Crippen LogP) is -1.38. The van der Waals surface area contributed by atoms with Crippen LogP contribution in [0.5, 0.6) is 0 Å². The van der Waals surface area contributed by atoms with Gasteiger partial charge in [-0.05, 0) is 13.0 Å². The maximum absolute atomic E-state index is 10.9. The number of carbonyl (C=O) groups excluding carboxylic acids is 2. The molecule has 2 aliphatic heterocycles. The summed E-state index contributed by atoms with van der Waals surface area (Å²) in [4.78, 5) is 21.8. The van der Waals surface area contributed by atoms with Crippen LogP contribution in [0.3, 0.4) is 0 Å². The minimum atomic E-state index is -0.229. The van der Waals surface area contributed by atoms with Crippen molar-refractivity contribution in [2.45, 2.75) is 12.5 Å². The molecule has 0 spiro atoms. The Labute approximate surface area is 58.0 Å². The molecule has 54 valence electrons. The number of amides is 2. The first-order valence-corrected chi connectivity index (χ1v) is 3.37. The number of rotatable bonds is 0. The molecule has 0 radical (unpaired) electrons. The fraction of sp³-hybridized carbons (Fsp3) is 0.667. The highest BCUT2D eigenvalue weighted by Crippen LogP contribution is 2.20. The van der Waals surface area contributed by atoms with Gasteiger partial charge in [0.25, 0.3) is 0 Å². The zero-order valence-electron chi connectivity index (χ0n) is 5.39. The predicted molar refractivity (Wildman–Crippen MR) is 33.0 cm³/mol. The van der Waals surface area contributed by atoms with Gasteiger partial charge >= 0.3 is 0 Å². The van der Waals surface area contributed by atoms with Crippen LogP contribution in [0.2, 0.25) is 0 Å². The van der Waals surface area contributed by atoms with E-state index in [1.165, 1.54) is 0 Å². The van der Waals surface area contributed by atoms with Gasteiger partial charge < -0.3 is 5.32 Å². The summed E-state index contributed by atoms with van der Waals surface area (Å²) in [5.74, 6) is -0.361. The lowest BCUT2D eigenvalue weighted by atomic mass is 10.0. The Morgan fingerprint density at radius 1 is 1.30 bits per heavy atom. The molecule has 2 amide bonds. The molecule has 4 nitrogen and oxygen atoms in total. The van der Waals surface area contributed by atoms with E-state index in [0.717, 1.165) is 13.0 Å². The molecule has 0 aromatic carbocycles. The van der Waals surface area contributed by atoms with Gasteiger partial charge in [0, 0.05) is 0 Å². The van der Waals surface area contributed by atoms with E-state index in [4.69, 9.17) is 0 Å². The van der Waals surface area contributed by atoms with Gasteiger partial charge in [0.15, 0.2) is 0 Å². The molecule has 2 N–H and O–H groups in total. The monoisotopic (exact) mass is 140 g/mol. The highest BCUT2D eigenvalue weighted by Gasteiger charge is 2.44. The van der Waals surface area contributed by atoms with Gasteiger partial charge in [0.05, 0.1) is 12.0 Å². The third-order valence-electron chi connectivity index (χ3n) is 2.09. The number of imide groups is 1. The zero-order valence-corrected chi connectivity index (χ0v) is 5.39. The zero-order chi connectivity index (χ0) is 7.14. The quantitative estimate of drug-likeness (QED) is 0.408. The van der Waals surface area contributed by atoms with Gasteiger partial charge in [-0.25, -0.2) is 0 Å². The fourth-order valence-corrected chi connectivity index (χ4v) is 1.55. The van der Waals surface area contributed by atoms with Crippen molar-refractivity contribution < 1.29 is 9.59 Å². The van der Waals surface area contributed by atoms with Crippen molar-refractivity contribution in [3.05, 3.63) is 0 Å². The summed E-state index contributed by atoms with van der Waals surface area (Å²) in [6.07, 6.45) is 0.794.